The molecule has 8 heteroatoms. The Morgan fingerprint density at radius 1 is 1.24 bits per heavy atom. The number of aromatic nitrogens is 3. The van der Waals surface area contributed by atoms with Gasteiger partial charge in [0.25, 0.3) is 5.56 Å². The molecule has 2 heterocycles. The molecule has 0 bridgehead atoms. The van der Waals surface area contributed by atoms with Crippen molar-refractivity contribution in [3.63, 3.8) is 0 Å². The highest BCUT2D eigenvalue weighted by atomic mass is 19.1. The smallest absolute Gasteiger partial charge is 0.267 e. The maximum absolute atomic E-state index is 13.4. The van der Waals surface area contributed by atoms with Crippen LogP contribution in [0, 0.1) is 5.82 Å². The van der Waals surface area contributed by atoms with Crippen molar-refractivity contribution in [1.29, 1.82) is 0 Å². The molecule has 0 spiro atoms. The Labute approximate surface area is 117 Å². The van der Waals surface area contributed by atoms with Crippen LogP contribution in [0.15, 0.2) is 41.5 Å². The predicted octanol–water partition coefficient (Wildman–Crippen LogP) is 1.01. The number of nitrogens with one attached hydrogen (secondary N) is 1. The number of nitrogen functional groups attached to an aromatic ring is 1. The van der Waals surface area contributed by atoms with Crippen molar-refractivity contribution in [3.8, 4) is 11.5 Å². The maximum Gasteiger partial charge on any atom is 0.267 e. The fraction of sp³-hybridized carbons (Fsp3) is 0. The summed E-state index contributed by atoms with van der Waals surface area (Å²) in [6.07, 6.45) is 2.61. The largest absolute Gasteiger partial charge is 0.455 e. The number of rotatable bonds is 2. The van der Waals surface area contributed by atoms with Crippen molar-refractivity contribution in [1.82, 2.24) is 15.0 Å². The molecule has 3 rings (SSSR count). The van der Waals surface area contributed by atoms with E-state index in [9.17, 15) is 9.18 Å². The van der Waals surface area contributed by atoms with E-state index in [-0.39, 0.29) is 22.5 Å². The van der Waals surface area contributed by atoms with Crippen molar-refractivity contribution in [2.24, 2.45) is 0 Å². The van der Waals surface area contributed by atoms with Gasteiger partial charge in [0.1, 0.15) is 17.1 Å². The second kappa shape index (κ2) is 5.55. The van der Waals surface area contributed by atoms with Crippen molar-refractivity contribution in [2.45, 2.75) is 0 Å². The average Bonchev–Trinajstić information content (AvgIpc) is 2.44. The fourth-order valence-electron chi connectivity index (χ4n) is 1.71. The third kappa shape index (κ3) is 2.79. The van der Waals surface area contributed by atoms with Crippen molar-refractivity contribution < 1.29 is 14.6 Å². The molecule has 0 saturated heterocycles. The summed E-state index contributed by atoms with van der Waals surface area (Å²) in [6.45, 7) is 0. The highest BCUT2D eigenvalue weighted by molar-refractivity contribution is 5.76. The zero-order valence-corrected chi connectivity index (χ0v) is 10.6. The van der Waals surface area contributed by atoms with Crippen LogP contribution >= 0.6 is 0 Å². The first-order chi connectivity index (χ1) is 9.63. The molecule has 0 atom stereocenters. The van der Waals surface area contributed by atoms with Crippen LogP contribution in [0.5, 0.6) is 11.5 Å². The molecule has 7 nitrogen and oxygen atoms in total. The first kappa shape index (κ1) is 14.4. The molecule has 0 aliphatic carbocycles. The number of hydrogen-bond donors (Lipinski definition) is 2. The molecule has 0 unspecified atom stereocenters. The molecule has 0 saturated carbocycles. The van der Waals surface area contributed by atoms with Gasteiger partial charge in [0.05, 0.1) is 11.9 Å². The molecule has 1 aromatic carbocycles. The van der Waals surface area contributed by atoms with Crippen molar-refractivity contribution in [2.75, 3.05) is 5.73 Å². The Morgan fingerprint density at radius 3 is 2.81 bits per heavy atom. The quantitative estimate of drug-likeness (QED) is 0.681. The van der Waals surface area contributed by atoms with E-state index >= 15 is 0 Å². The lowest BCUT2D eigenvalue weighted by molar-refractivity contribution is 0.481. The average molecular weight is 290 g/mol. The number of anilines is 1. The molecule has 3 aromatic rings. The highest BCUT2D eigenvalue weighted by Crippen LogP contribution is 2.27. The third-order valence-electron chi connectivity index (χ3n) is 2.64. The number of nitrogens with two attached hydrogens (primary N) is 1. The Morgan fingerprint density at radius 2 is 2.05 bits per heavy atom. The van der Waals surface area contributed by atoms with E-state index in [1.165, 1.54) is 18.3 Å². The van der Waals surface area contributed by atoms with Crippen molar-refractivity contribution >= 4 is 16.9 Å². The lowest BCUT2D eigenvalue weighted by Gasteiger charge is -2.08. The molecule has 2 aromatic heterocycles. The molecule has 108 valence electrons. The van der Waals surface area contributed by atoms with E-state index in [1.807, 2.05) is 0 Å². The van der Waals surface area contributed by atoms with Gasteiger partial charge in [0.2, 0.25) is 0 Å². The van der Waals surface area contributed by atoms with Crippen LogP contribution in [0.4, 0.5) is 10.1 Å². The van der Waals surface area contributed by atoms with Gasteiger partial charge in [-0.05, 0) is 12.1 Å². The lowest BCUT2D eigenvalue weighted by atomic mass is 10.3. The van der Waals surface area contributed by atoms with Crippen LogP contribution in [0.3, 0.4) is 0 Å². The number of H-pyrrole nitrogens is 1. The summed E-state index contributed by atoms with van der Waals surface area (Å²) in [7, 11) is 0. The highest BCUT2D eigenvalue weighted by Gasteiger charge is 2.08. The van der Waals surface area contributed by atoms with E-state index in [1.54, 1.807) is 6.07 Å². The summed E-state index contributed by atoms with van der Waals surface area (Å²) in [6, 6.07) is 5.64. The monoisotopic (exact) mass is 290 g/mol. The lowest BCUT2D eigenvalue weighted by Crippen LogP contribution is -2.06. The molecule has 0 radical (unpaired) electrons. The first-order valence-corrected chi connectivity index (χ1v) is 5.70. The molecule has 5 N–H and O–H groups in total. The van der Waals surface area contributed by atoms with Gasteiger partial charge in [-0.15, -0.1) is 0 Å². The molecule has 0 aliphatic heterocycles. The second-order valence-corrected chi connectivity index (χ2v) is 4.04. The molecule has 0 aliphatic rings. The molecule has 21 heavy (non-hydrogen) atoms. The number of hydrogen-bond acceptors (Lipinski definition) is 5. The minimum atomic E-state index is -0.576. The van der Waals surface area contributed by atoms with Crippen LogP contribution in [0.25, 0.3) is 11.2 Å². The van der Waals surface area contributed by atoms with Crippen LogP contribution in [-0.4, -0.2) is 20.4 Å². The number of aromatic amines is 1. The van der Waals surface area contributed by atoms with Gasteiger partial charge in [-0.25, -0.2) is 14.4 Å². The molecule has 0 amide bonds. The zero-order valence-electron chi connectivity index (χ0n) is 10.6. The van der Waals surface area contributed by atoms with Gasteiger partial charge in [-0.1, -0.05) is 0 Å². The zero-order chi connectivity index (χ0) is 14.1. The van der Waals surface area contributed by atoms with E-state index in [0.717, 1.165) is 12.3 Å². The third-order valence-corrected chi connectivity index (χ3v) is 2.64. The van der Waals surface area contributed by atoms with Crippen LogP contribution in [-0.2, 0) is 0 Å². The Hall–Kier alpha value is -3.00. The van der Waals surface area contributed by atoms with Gasteiger partial charge in [0, 0.05) is 18.3 Å². The van der Waals surface area contributed by atoms with Crippen LogP contribution < -0.4 is 16.0 Å². The van der Waals surface area contributed by atoms with E-state index < -0.39 is 5.82 Å². The Kier molecular flexibility index (Phi) is 3.81. The molecular weight excluding hydrogens is 279 g/mol. The van der Waals surface area contributed by atoms with Gasteiger partial charge < -0.3 is 20.9 Å². The van der Waals surface area contributed by atoms with E-state index in [2.05, 4.69) is 15.0 Å². The SMILES string of the molecule is Nc1ccc(Oc2ccnc3ncc(=O)[nH]c23)cc1F.O. The number of ether oxygens (including phenoxy) is 1. The first-order valence-electron chi connectivity index (χ1n) is 5.70. The Balaban J connectivity index is 0.00000161. The van der Waals surface area contributed by atoms with E-state index in [4.69, 9.17) is 10.5 Å². The predicted molar refractivity (Wildman–Crippen MR) is 74.7 cm³/mol. The number of benzene rings is 1. The Bertz CT molecular complexity index is 850. The number of pyridine rings is 1. The standard InChI is InChI=1S/C13H9FN4O2.H2O/c14-8-5-7(1-2-9(8)15)20-10-3-4-16-13-12(10)18-11(19)6-17-13;/h1-6H,15H2,(H,18,19);1H2. The van der Waals surface area contributed by atoms with Gasteiger partial charge in [0.15, 0.2) is 11.4 Å². The van der Waals surface area contributed by atoms with Gasteiger partial charge in [-0.2, -0.15) is 0 Å². The molecule has 0 fully saturated rings. The number of fused-ring (bicyclic) bond motifs is 1. The molecular formula is C13H11FN4O3. The summed E-state index contributed by atoms with van der Waals surface area (Å²) < 4.78 is 18.9. The summed E-state index contributed by atoms with van der Waals surface area (Å²) in [5, 5.41) is 0. The van der Waals surface area contributed by atoms with Gasteiger partial charge in [-0.3, -0.25) is 4.79 Å². The van der Waals surface area contributed by atoms with Gasteiger partial charge >= 0.3 is 0 Å². The van der Waals surface area contributed by atoms with E-state index in [0.29, 0.717) is 16.9 Å². The summed E-state index contributed by atoms with van der Waals surface area (Å²) in [5.74, 6) is 0.00533. The minimum Gasteiger partial charge on any atom is -0.455 e. The van der Waals surface area contributed by atoms with Crippen molar-refractivity contribution in [3.05, 3.63) is 52.8 Å². The van der Waals surface area contributed by atoms with Crippen LogP contribution in [0.2, 0.25) is 0 Å². The normalized spacial score (nSPS) is 10.1. The second-order valence-electron chi connectivity index (χ2n) is 4.04. The minimum absolute atomic E-state index is 0. The van der Waals surface area contributed by atoms with Crippen LogP contribution in [0.1, 0.15) is 0 Å². The summed E-state index contributed by atoms with van der Waals surface area (Å²) in [5.41, 5.74) is 5.73. The topological polar surface area (TPSA) is 125 Å². The maximum atomic E-state index is 13.4. The summed E-state index contributed by atoms with van der Waals surface area (Å²) >= 11 is 0. The summed E-state index contributed by atoms with van der Waals surface area (Å²) in [4.78, 5) is 21.8. The number of halogens is 1. The fourth-order valence-corrected chi connectivity index (χ4v) is 1.71. The number of nitrogens with zero attached hydrogens (tertiary/aromatic N) is 2.